The van der Waals surface area contributed by atoms with Crippen LogP contribution < -0.4 is 21.3 Å². The molecule has 2 aliphatic rings. The highest BCUT2D eigenvalue weighted by Gasteiger charge is 2.46. The van der Waals surface area contributed by atoms with Crippen LogP contribution in [-0.2, 0) is 14.7 Å². The molecule has 1 aromatic heterocycles. The van der Waals surface area contributed by atoms with Crippen molar-refractivity contribution in [2.45, 2.75) is 82.5 Å². The van der Waals surface area contributed by atoms with E-state index in [4.69, 9.17) is 9.47 Å². The smallest absolute Gasteiger partial charge is 0.330 e. The molecule has 3 atom stereocenters. The van der Waals surface area contributed by atoms with Crippen molar-refractivity contribution in [1.29, 1.82) is 0 Å². The molecule has 0 spiro atoms. The lowest BCUT2D eigenvalue weighted by Gasteiger charge is -2.49. The normalized spacial score (nSPS) is 27.9. The van der Waals surface area contributed by atoms with Gasteiger partial charge >= 0.3 is 5.69 Å². The Labute approximate surface area is 184 Å². The van der Waals surface area contributed by atoms with Gasteiger partial charge in [0.2, 0.25) is 5.75 Å². The third-order valence-corrected chi connectivity index (χ3v) is 5.94. The number of carbonyl (C=O) groups is 1. The second-order valence-corrected chi connectivity index (χ2v) is 9.66. The van der Waals surface area contributed by atoms with Gasteiger partial charge in [0.15, 0.2) is 6.61 Å². The van der Waals surface area contributed by atoms with Gasteiger partial charge in [0, 0.05) is 23.5 Å². The highest BCUT2D eigenvalue weighted by Crippen LogP contribution is 2.37. The number of hydrogen-bond acceptors (Lipinski definition) is 8. The number of H-pyrrole nitrogens is 1. The molecule has 1 radical (unpaired) electrons. The number of aromatic amines is 1. The number of amides is 1. The van der Waals surface area contributed by atoms with Crippen LogP contribution in [0.15, 0.2) is 15.8 Å². The minimum Gasteiger partial charge on any atom is -0.477 e. The zero-order chi connectivity index (χ0) is 23.8. The maximum absolute atomic E-state index is 12.4. The van der Waals surface area contributed by atoms with E-state index in [0.29, 0.717) is 12.8 Å². The summed E-state index contributed by atoms with van der Waals surface area (Å²) in [6.45, 7) is 6.40. The number of rotatable bonds is 6. The highest BCUT2D eigenvalue weighted by atomic mass is 16.5. The van der Waals surface area contributed by atoms with E-state index in [2.05, 4.69) is 10.3 Å². The monoisotopic (exact) mass is 455 g/mol. The zero-order valence-electron chi connectivity index (χ0n) is 18.7. The summed E-state index contributed by atoms with van der Waals surface area (Å²) in [6.07, 6.45) is -0.621. The molecule has 32 heavy (non-hydrogen) atoms. The van der Waals surface area contributed by atoms with E-state index in [0.717, 1.165) is 15.8 Å². The molecule has 4 N–H and O–H groups in total. The summed E-state index contributed by atoms with van der Waals surface area (Å²) in [7, 11) is 0. The van der Waals surface area contributed by atoms with Crippen LogP contribution in [0.2, 0.25) is 0 Å². The Morgan fingerprint density at radius 2 is 1.91 bits per heavy atom. The van der Waals surface area contributed by atoms with E-state index in [-0.39, 0.29) is 18.2 Å². The summed E-state index contributed by atoms with van der Waals surface area (Å²) in [6, 6.07) is -0.239. The number of hydroxylamine groups is 2. The molecule has 12 nitrogen and oxygen atoms in total. The Kier molecular flexibility index (Phi) is 6.82. The number of carbonyl (C=O) groups excluding carboxylic acids is 1. The fourth-order valence-electron chi connectivity index (χ4n) is 4.61. The van der Waals surface area contributed by atoms with E-state index < -0.39 is 59.9 Å². The van der Waals surface area contributed by atoms with Gasteiger partial charge in [0.1, 0.15) is 12.3 Å². The molecule has 179 valence electrons. The predicted molar refractivity (Wildman–Crippen MR) is 110 cm³/mol. The van der Waals surface area contributed by atoms with E-state index in [1.54, 1.807) is 0 Å². The van der Waals surface area contributed by atoms with Crippen LogP contribution in [0.25, 0.3) is 0 Å². The van der Waals surface area contributed by atoms with Crippen molar-refractivity contribution in [3.8, 4) is 5.75 Å². The number of nitrogens with one attached hydrogen (secondary N) is 2. The van der Waals surface area contributed by atoms with Crippen LogP contribution >= 0.6 is 0 Å². The molecule has 0 bridgehead atoms. The van der Waals surface area contributed by atoms with Crippen molar-refractivity contribution in [2.24, 2.45) is 0 Å². The maximum Gasteiger partial charge on any atom is 0.330 e. The molecule has 0 aromatic carbocycles. The SMILES string of the molecule is CC1(C)CC(NC(=O)COc2cn([C@H]3C[C@H](O)[C@@H](CO)O3)c(=O)[nH]c2=O)CC(C)(C)N1[O]. The van der Waals surface area contributed by atoms with Crippen LogP contribution in [0, 0.1) is 0 Å². The molecule has 1 amide bonds. The Morgan fingerprint density at radius 1 is 1.28 bits per heavy atom. The van der Waals surface area contributed by atoms with Crippen molar-refractivity contribution in [1.82, 2.24) is 19.9 Å². The summed E-state index contributed by atoms with van der Waals surface area (Å²) in [5, 5.41) is 35.4. The predicted octanol–water partition coefficient (Wildman–Crippen LogP) is -0.961. The molecule has 2 saturated heterocycles. The van der Waals surface area contributed by atoms with Gasteiger partial charge in [0.05, 0.1) is 18.9 Å². The number of aromatic nitrogens is 2. The first-order valence-corrected chi connectivity index (χ1v) is 10.5. The van der Waals surface area contributed by atoms with Gasteiger partial charge in [-0.15, -0.1) is 10.3 Å². The second kappa shape index (κ2) is 8.94. The van der Waals surface area contributed by atoms with Crippen LogP contribution in [0.5, 0.6) is 5.75 Å². The molecule has 0 unspecified atom stereocenters. The average molecular weight is 455 g/mol. The number of ether oxygens (including phenoxy) is 2. The van der Waals surface area contributed by atoms with Crippen molar-refractivity contribution in [3.63, 3.8) is 0 Å². The van der Waals surface area contributed by atoms with Gasteiger partial charge in [-0.05, 0) is 40.5 Å². The first-order valence-electron chi connectivity index (χ1n) is 10.5. The Hall–Kier alpha value is -2.25. The van der Waals surface area contributed by atoms with Crippen LogP contribution in [0.4, 0.5) is 0 Å². The lowest BCUT2D eigenvalue weighted by Crippen LogP contribution is -2.62. The number of piperidine rings is 1. The van der Waals surface area contributed by atoms with Crippen molar-refractivity contribution in [2.75, 3.05) is 13.2 Å². The van der Waals surface area contributed by atoms with Crippen molar-refractivity contribution < 1.29 is 29.7 Å². The minimum atomic E-state index is -0.965. The molecule has 3 heterocycles. The zero-order valence-corrected chi connectivity index (χ0v) is 18.7. The second-order valence-electron chi connectivity index (χ2n) is 9.66. The number of hydrogen-bond donors (Lipinski definition) is 4. The molecule has 2 fully saturated rings. The minimum absolute atomic E-state index is 0.0427. The number of aliphatic hydroxyl groups is 2. The highest BCUT2D eigenvalue weighted by molar-refractivity contribution is 5.77. The fourth-order valence-corrected chi connectivity index (χ4v) is 4.61. The quantitative estimate of drug-likeness (QED) is 0.426. The largest absolute Gasteiger partial charge is 0.477 e. The van der Waals surface area contributed by atoms with Gasteiger partial charge in [-0.3, -0.25) is 19.1 Å². The van der Waals surface area contributed by atoms with Gasteiger partial charge in [-0.2, -0.15) is 0 Å². The number of aliphatic hydroxyl groups excluding tert-OH is 2. The first kappa shape index (κ1) is 24.4. The summed E-state index contributed by atoms with van der Waals surface area (Å²) in [5.74, 6) is -0.730. The van der Waals surface area contributed by atoms with Crippen molar-refractivity contribution >= 4 is 5.91 Å². The summed E-state index contributed by atoms with van der Waals surface area (Å²) < 4.78 is 11.8. The van der Waals surface area contributed by atoms with E-state index in [9.17, 15) is 29.8 Å². The van der Waals surface area contributed by atoms with Gasteiger partial charge < -0.3 is 25.0 Å². The summed E-state index contributed by atoms with van der Waals surface area (Å²) in [4.78, 5) is 38.8. The van der Waals surface area contributed by atoms with Crippen LogP contribution in [-0.4, -0.2) is 73.3 Å². The van der Waals surface area contributed by atoms with Crippen LogP contribution in [0.3, 0.4) is 0 Å². The fraction of sp³-hybridized carbons (Fsp3) is 0.750. The third-order valence-electron chi connectivity index (χ3n) is 5.94. The topological polar surface area (TPSA) is 166 Å². The summed E-state index contributed by atoms with van der Waals surface area (Å²) in [5.41, 5.74) is -2.87. The van der Waals surface area contributed by atoms with Crippen molar-refractivity contribution in [3.05, 3.63) is 27.0 Å². The summed E-state index contributed by atoms with van der Waals surface area (Å²) >= 11 is 0. The standard InChI is InChI=1S/C20H31N4O8/c1-19(2)6-11(7-20(3,4)24(19)30)21-15(27)10-31-13-8-23(18(29)22-17(13)28)16-5-12(26)14(9-25)32-16/h8,11-12,14,16,25-26H,5-7,9-10H2,1-4H3,(H,21,27)(H,22,28,29)/t12-,14+,16+/m0/s1. The molecule has 0 aliphatic carbocycles. The van der Waals surface area contributed by atoms with Gasteiger partial charge in [-0.25, -0.2) is 4.79 Å². The first-order chi connectivity index (χ1) is 14.8. The molecular weight excluding hydrogens is 424 g/mol. The third kappa shape index (κ3) is 5.04. The molecule has 12 heteroatoms. The number of nitrogens with zero attached hydrogens (tertiary/aromatic N) is 2. The average Bonchev–Trinajstić information content (AvgIpc) is 3.05. The van der Waals surface area contributed by atoms with E-state index in [1.165, 1.54) is 0 Å². The van der Waals surface area contributed by atoms with Gasteiger partial charge in [0.25, 0.3) is 11.5 Å². The molecule has 1 aromatic rings. The molecule has 3 rings (SSSR count). The molecule has 0 saturated carbocycles. The lowest BCUT2D eigenvalue weighted by molar-refractivity contribution is -0.290. The Morgan fingerprint density at radius 3 is 2.47 bits per heavy atom. The van der Waals surface area contributed by atoms with Gasteiger partial charge in [-0.1, -0.05) is 0 Å². The van der Waals surface area contributed by atoms with E-state index in [1.807, 2.05) is 27.7 Å². The Balaban J connectivity index is 1.65. The lowest BCUT2D eigenvalue weighted by atomic mass is 9.79. The molecule has 2 aliphatic heterocycles. The van der Waals surface area contributed by atoms with Crippen LogP contribution in [0.1, 0.15) is 53.2 Å². The maximum atomic E-state index is 12.4. The Bertz CT molecular complexity index is 938. The van der Waals surface area contributed by atoms with E-state index >= 15 is 0 Å². The molecular formula is C20H31N4O8.